The fourth-order valence-corrected chi connectivity index (χ4v) is 3.13. The number of aryl methyl sites for hydroxylation is 2. The Morgan fingerprint density at radius 3 is 2.59 bits per heavy atom. The van der Waals surface area contributed by atoms with Gasteiger partial charge in [0.15, 0.2) is 0 Å². The number of carboxylic acid groups (broad SMARTS) is 1. The molecule has 4 heteroatoms. The zero-order valence-electron chi connectivity index (χ0n) is 14.3. The molecule has 1 atom stereocenters. The Morgan fingerprint density at radius 2 is 2.00 bits per heavy atom. The number of carboxylic acids is 1. The predicted octanol–water partition coefficient (Wildman–Crippen LogP) is 2.89. The lowest BCUT2D eigenvalue weighted by Gasteiger charge is -2.33. The lowest BCUT2D eigenvalue weighted by atomic mass is 9.82. The summed E-state index contributed by atoms with van der Waals surface area (Å²) in [4.78, 5) is 13.4. The Hall–Kier alpha value is -1.39. The van der Waals surface area contributed by atoms with Crippen LogP contribution in [0.25, 0.3) is 0 Å². The number of ether oxygens (including phenoxy) is 1. The summed E-state index contributed by atoms with van der Waals surface area (Å²) >= 11 is 0. The Balaban J connectivity index is 2.26. The number of aliphatic carboxylic acids is 1. The standard InChI is InChI=1S/C18H27NO3/c1-12-9-15(18(3,4)5)13(2)8-14(12)10-19-6-7-22-11-16(19)17(20)21/h8-9,16H,6-7,10-11H2,1-5H3,(H,20,21)/t16-/m0/s1. The van der Waals surface area contributed by atoms with Crippen molar-refractivity contribution >= 4 is 5.97 Å². The summed E-state index contributed by atoms with van der Waals surface area (Å²) in [5, 5.41) is 9.34. The van der Waals surface area contributed by atoms with Gasteiger partial charge in [0.25, 0.3) is 0 Å². The molecule has 1 fully saturated rings. The molecule has 1 aliphatic heterocycles. The fraction of sp³-hybridized carbons (Fsp3) is 0.611. The molecule has 1 heterocycles. The number of carbonyl (C=O) groups is 1. The van der Waals surface area contributed by atoms with E-state index in [9.17, 15) is 9.90 Å². The summed E-state index contributed by atoms with van der Waals surface area (Å²) in [6, 6.07) is 3.92. The van der Waals surface area contributed by atoms with Gasteiger partial charge in [-0.3, -0.25) is 9.69 Å². The van der Waals surface area contributed by atoms with Crippen molar-refractivity contribution in [3.63, 3.8) is 0 Å². The molecule has 0 spiro atoms. The molecule has 0 aromatic heterocycles. The lowest BCUT2D eigenvalue weighted by Crippen LogP contribution is -2.49. The highest BCUT2D eigenvalue weighted by molar-refractivity contribution is 5.73. The Labute approximate surface area is 133 Å². The van der Waals surface area contributed by atoms with Crippen LogP contribution < -0.4 is 0 Å². The van der Waals surface area contributed by atoms with Crippen LogP contribution >= 0.6 is 0 Å². The molecule has 1 N–H and O–H groups in total. The van der Waals surface area contributed by atoms with Crippen molar-refractivity contribution in [3.8, 4) is 0 Å². The molecule has 0 bridgehead atoms. The van der Waals surface area contributed by atoms with Crippen molar-refractivity contribution in [3.05, 3.63) is 34.4 Å². The summed E-state index contributed by atoms with van der Waals surface area (Å²) in [6.07, 6.45) is 0. The minimum absolute atomic E-state index is 0.121. The molecule has 0 unspecified atom stereocenters. The third kappa shape index (κ3) is 3.68. The first kappa shape index (κ1) is 17.0. The molecule has 0 amide bonds. The smallest absolute Gasteiger partial charge is 0.323 e. The lowest BCUT2D eigenvalue weighted by molar-refractivity contribution is -0.150. The van der Waals surface area contributed by atoms with Crippen LogP contribution in [-0.4, -0.2) is 41.8 Å². The number of benzene rings is 1. The van der Waals surface area contributed by atoms with Crippen LogP contribution in [0.4, 0.5) is 0 Å². The maximum absolute atomic E-state index is 11.4. The van der Waals surface area contributed by atoms with E-state index in [2.05, 4.69) is 46.8 Å². The van der Waals surface area contributed by atoms with Crippen molar-refractivity contribution in [2.24, 2.45) is 0 Å². The zero-order valence-corrected chi connectivity index (χ0v) is 14.3. The highest BCUT2D eigenvalue weighted by Gasteiger charge is 2.29. The summed E-state index contributed by atoms with van der Waals surface area (Å²) in [7, 11) is 0. The highest BCUT2D eigenvalue weighted by atomic mass is 16.5. The van der Waals surface area contributed by atoms with Gasteiger partial charge in [0.05, 0.1) is 13.2 Å². The van der Waals surface area contributed by atoms with Crippen molar-refractivity contribution < 1.29 is 14.6 Å². The zero-order chi connectivity index (χ0) is 16.5. The second-order valence-corrected chi connectivity index (χ2v) is 7.24. The van der Waals surface area contributed by atoms with Crippen LogP contribution in [0, 0.1) is 13.8 Å². The first-order valence-electron chi connectivity index (χ1n) is 7.85. The minimum Gasteiger partial charge on any atom is -0.480 e. The molecule has 1 aliphatic rings. The fourth-order valence-electron chi connectivity index (χ4n) is 3.13. The van der Waals surface area contributed by atoms with E-state index in [0.717, 1.165) is 0 Å². The van der Waals surface area contributed by atoms with Crippen LogP contribution in [0.2, 0.25) is 0 Å². The van der Waals surface area contributed by atoms with Crippen molar-refractivity contribution in [2.45, 2.75) is 52.6 Å². The highest BCUT2D eigenvalue weighted by Crippen LogP contribution is 2.29. The molecule has 1 saturated heterocycles. The maximum Gasteiger partial charge on any atom is 0.323 e. The molecule has 0 saturated carbocycles. The van der Waals surface area contributed by atoms with E-state index in [4.69, 9.17) is 4.74 Å². The van der Waals surface area contributed by atoms with Gasteiger partial charge in [0.2, 0.25) is 0 Å². The van der Waals surface area contributed by atoms with Gasteiger partial charge >= 0.3 is 5.97 Å². The van der Waals surface area contributed by atoms with Crippen LogP contribution in [0.15, 0.2) is 12.1 Å². The van der Waals surface area contributed by atoms with Crippen LogP contribution in [-0.2, 0) is 21.5 Å². The van der Waals surface area contributed by atoms with E-state index in [1.54, 1.807) is 0 Å². The van der Waals surface area contributed by atoms with E-state index in [1.165, 1.54) is 22.3 Å². The molecule has 122 valence electrons. The second kappa shape index (κ2) is 6.39. The summed E-state index contributed by atoms with van der Waals surface area (Å²) in [5.74, 6) is -0.805. The summed E-state index contributed by atoms with van der Waals surface area (Å²) in [5.41, 5.74) is 5.18. The number of nitrogens with zero attached hydrogens (tertiary/aromatic N) is 1. The number of hydrogen-bond acceptors (Lipinski definition) is 3. The second-order valence-electron chi connectivity index (χ2n) is 7.24. The average Bonchev–Trinajstić information content (AvgIpc) is 2.41. The van der Waals surface area contributed by atoms with Gasteiger partial charge in [0, 0.05) is 13.1 Å². The monoisotopic (exact) mass is 305 g/mol. The summed E-state index contributed by atoms with van der Waals surface area (Å²) < 4.78 is 5.31. The Kier molecular flexibility index (Phi) is 4.93. The first-order chi connectivity index (χ1) is 10.2. The molecule has 22 heavy (non-hydrogen) atoms. The van der Waals surface area contributed by atoms with Gasteiger partial charge in [-0.05, 0) is 41.5 Å². The topological polar surface area (TPSA) is 49.8 Å². The normalized spacial score (nSPS) is 20.1. The molecule has 0 radical (unpaired) electrons. The minimum atomic E-state index is -0.805. The van der Waals surface area contributed by atoms with Crippen LogP contribution in [0.3, 0.4) is 0 Å². The van der Waals surface area contributed by atoms with Gasteiger partial charge in [0.1, 0.15) is 6.04 Å². The van der Waals surface area contributed by atoms with Gasteiger partial charge in [-0.25, -0.2) is 0 Å². The van der Waals surface area contributed by atoms with E-state index in [1.807, 2.05) is 4.90 Å². The van der Waals surface area contributed by atoms with Crippen molar-refractivity contribution in [2.75, 3.05) is 19.8 Å². The molecule has 0 aliphatic carbocycles. The van der Waals surface area contributed by atoms with E-state index in [-0.39, 0.29) is 12.0 Å². The SMILES string of the molecule is Cc1cc(C(C)(C)C)c(C)cc1CN1CCOC[C@H]1C(=O)O. The molecule has 2 rings (SSSR count). The van der Waals surface area contributed by atoms with E-state index in [0.29, 0.717) is 19.7 Å². The van der Waals surface area contributed by atoms with E-state index < -0.39 is 12.0 Å². The van der Waals surface area contributed by atoms with Gasteiger partial charge in [-0.2, -0.15) is 0 Å². The van der Waals surface area contributed by atoms with Crippen LogP contribution in [0.1, 0.15) is 43.0 Å². The van der Waals surface area contributed by atoms with Gasteiger partial charge < -0.3 is 9.84 Å². The Bertz CT molecular complexity index is 560. The quantitative estimate of drug-likeness (QED) is 0.933. The molecule has 4 nitrogen and oxygen atoms in total. The molecule has 1 aromatic carbocycles. The van der Waals surface area contributed by atoms with Crippen molar-refractivity contribution in [1.29, 1.82) is 0 Å². The number of hydrogen-bond donors (Lipinski definition) is 1. The third-order valence-corrected chi connectivity index (χ3v) is 4.39. The van der Waals surface area contributed by atoms with Gasteiger partial charge in [-0.15, -0.1) is 0 Å². The largest absolute Gasteiger partial charge is 0.480 e. The van der Waals surface area contributed by atoms with Gasteiger partial charge in [-0.1, -0.05) is 32.9 Å². The molecule has 1 aromatic rings. The molecular formula is C18H27NO3. The average molecular weight is 305 g/mol. The third-order valence-electron chi connectivity index (χ3n) is 4.39. The number of rotatable bonds is 3. The first-order valence-corrected chi connectivity index (χ1v) is 7.85. The summed E-state index contributed by atoms with van der Waals surface area (Å²) in [6.45, 7) is 13.1. The van der Waals surface area contributed by atoms with E-state index >= 15 is 0 Å². The predicted molar refractivity (Wildman–Crippen MR) is 87.3 cm³/mol. The maximum atomic E-state index is 11.4. The molecular weight excluding hydrogens is 278 g/mol. The number of morpholine rings is 1. The Morgan fingerprint density at radius 1 is 1.32 bits per heavy atom. The van der Waals surface area contributed by atoms with Crippen molar-refractivity contribution in [1.82, 2.24) is 4.90 Å². The van der Waals surface area contributed by atoms with Crippen LogP contribution in [0.5, 0.6) is 0 Å².